The number of rotatable bonds is 7. The Morgan fingerprint density at radius 1 is 0.971 bits per heavy atom. The number of halogens is 2. The van der Waals surface area contributed by atoms with E-state index in [2.05, 4.69) is 15.5 Å². The minimum atomic E-state index is -0.300. The van der Waals surface area contributed by atoms with E-state index in [1.54, 1.807) is 12.1 Å². The number of carbonyl (C=O) groups is 1. The Hall–Kier alpha value is -2.24. The molecule has 2 aliphatic rings. The second-order valence-electron chi connectivity index (χ2n) is 9.93. The number of piperidine rings is 1. The molecule has 0 N–H and O–H groups in total. The third-order valence-electron chi connectivity index (χ3n) is 7.65. The molecule has 0 radical (unpaired) electrons. The third-order valence-corrected chi connectivity index (χ3v) is 7.89. The number of likely N-dealkylation sites (tertiary alicyclic amines) is 1. The molecule has 0 bridgehead atoms. The summed E-state index contributed by atoms with van der Waals surface area (Å²) in [6.45, 7) is 3.83. The molecule has 0 unspecified atom stereocenters. The van der Waals surface area contributed by atoms with Crippen molar-refractivity contribution in [3.8, 4) is 0 Å². The van der Waals surface area contributed by atoms with Crippen molar-refractivity contribution in [2.45, 2.75) is 63.8 Å². The van der Waals surface area contributed by atoms with E-state index in [9.17, 15) is 9.18 Å². The fourth-order valence-electron chi connectivity index (χ4n) is 5.74. The topological polar surface area (TPSA) is 38.1 Å². The molecule has 1 saturated carbocycles. The van der Waals surface area contributed by atoms with Crippen LogP contribution in [0.4, 0.5) is 4.39 Å². The largest absolute Gasteiger partial charge is 0.328 e. The monoisotopic (exact) mass is 481 g/mol. The van der Waals surface area contributed by atoms with Gasteiger partial charge in [-0.05, 0) is 94.2 Å². The number of hydrogen-bond donors (Lipinski definition) is 0. The summed E-state index contributed by atoms with van der Waals surface area (Å²) < 4.78 is 15.6. The molecule has 2 heterocycles. The number of imidazole rings is 1. The summed E-state index contributed by atoms with van der Waals surface area (Å²) in [4.78, 5) is 20.3. The van der Waals surface area contributed by atoms with E-state index >= 15 is 0 Å². The second-order valence-corrected chi connectivity index (χ2v) is 10.4. The summed E-state index contributed by atoms with van der Waals surface area (Å²) in [5, 5.41) is 0.761. The van der Waals surface area contributed by atoms with E-state index in [0.29, 0.717) is 11.5 Å². The predicted octanol–water partition coefficient (Wildman–Crippen LogP) is 6.86. The molecule has 4 nitrogen and oxygen atoms in total. The van der Waals surface area contributed by atoms with Crippen LogP contribution in [0.15, 0.2) is 42.5 Å². The van der Waals surface area contributed by atoms with Crippen LogP contribution in [0.5, 0.6) is 0 Å². The Morgan fingerprint density at radius 2 is 1.71 bits per heavy atom. The lowest BCUT2D eigenvalue weighted by molar-refractivity contribution is 0.0838. The maximum Gasteiger partial charge on any atom is 0.166 e. The first-order valence-electron chi connectivity index (χ1n) is 12.8. The van der Waals surface area contributed by atoms with E-state index < -0.39 is 0 Å². The lowest BCUT2D eigenvalue weighted by atomic mass is 9.88. The standard InChI is InChI=1S/C28H33ClFN3O/c29-23-9-12-25-26(19-23)33(28(31-25)22-5-2-1-3-6-22)16-4-15-32-17-13-21(14-18-32)27(34)20-7-10-24(30)11-8-20/h7-12,19,21-22H,1-6,13-18H2. The van der Waals surface area contributed by atoms with Gasteiger partial charge in [0.2, 0.25) is 0 Å². The molecule has 6 heteroatoms. The van der Waals surface area contributed by atoms with Crippen LogP contribution in [0.25, 0.3) is 11.0 Å². The molecule has 1 saturated heterocycles. The fourth-order valence-corrected chi connectivity index (χ4v) is 5.91. The number of ketones is 1. The molecule has 180 valence electrons. The number of fused-ring (bicyclic) bond motifs is 1. The molecular weight excluding hydrogens is 449 g/mol. The van der Waals surface area contributed by atoms with E-state index in [4.69, 9.17) is 16.6 Å². The van der Waals surface area contributed by atoms with E-state index in [-0.39, 0.29) is 17.5 Å². The molecule has 34 heavy (non-hydrogen) atoms. The smallest absolute Gasteiger partial charge is 0.166 e. The maximum atomic E-state index is 13.2. The predicted molar refractivity (Wildman–Crippen MR) is 135 cm³/mol. The first-order valence-corrected chi connectivity index (χ1v) is 13.1. The quantitative estimate of drug-likeness (QED) is 0.346. The van der Waals surface area contributed by atoms with Crippen LogP contribution < -0.4 is 0 Å². The Balaban J connectivity index is 1.19. The van der Waals surface area contributed by atoms with Crippen molar-refractivity contribution >= 4 is 28.4 Å². The average Bonchev–Trinajstić information content (AvgIpc) is 3.23. The molecule has 0 atom stereocenters. The van der Waals surface area contributed by atoms with Crippen molar-refractivity contribution in [1.82, 2.24) is 14.5 Å². The van der Waals surface area contributed by atoms with E-state index in [1.807, 2.05) is 12.1 Å². The van der Waals surface area contributed by atoms with Gasteiger partial charge < -0.3 is 9.47 Å². The minimum absolute atomic E-state index is 0.0411. The lowest BCUT2D eigenvalue weighted by Crippen LogP contribution is -2.37. The van der Waals surface area contributed by atoms with Gasteiger partial charge in [0.1, 0.15) is 11.6 Å². The molecule has 5 rings (SSSR count). The molecule has 1 aromatic heterocycles. The highest BCUT2D eigenvalue weighted by Gasteiger charge is 2.26. The SMILES string of the molecule is O=C(c1ccc(F)cc1)C1CCN(CCCn2c(C3CCCCC3)nc3ccc(Cl)cc32)CC1. The number of nitrogens with zero attached hydrogens (tertiary/aromatic N) is 3. The van der Waals surface area contributed by atoms with Crippen LogP contribution in [0.2, 0.25) is 5.02 Å². The summed E-state index contributed by atoms with van der Waals surface area (Å²) in [6, 6.07) is 12.0. The molecule has 2 fully saturated rings. The van der Waals surface area contributed by atoms with Crippen molar-refractivity contribution in [3.05, 3.63) is 64.7 Å². The number of aryl methyl sites for hydroxylation is 1. The van der Waals surface area contributed by atoms with Crippen molar-refractivity contribution in [2.75, 3.05) is 19.6 Å². The normalized spacial score (nSPS) is 18.5. The van der Waals surface area contributed by atoms with Crippen LogP contribution in [-0.2, 0) is 6.54 Å². The maximum absolute atomic E-state index is 13.2. The van der Waals surface area contributed by atoms with Crippen molar-refractivity contribution in [2.24, 2.45) is 5.92 Å². The van der Waals surface area contributed by atoms with E-state index in [1.165, 1.54) is 50.1 Å². The van der Waals surface area contributed by atoms with Gasteiger partial charge in [-0.25, -0.2) is 9.37 Å². The van der Waals surface area contributed by atoms with Gasteiger partial charge >= 0.3 is 0 Å². The molecule has 0 amide bonds. The number of aromatic nitrogens is 2. The van der Waals surface area contributed by atoms with Gasteiger partial charge in [0.25, 0.3) is 0 Å². The van der Waals surface area contributed by atoms with Gasteiger partial charge in [-0.2, -0.15) is 0 Å². The number of hydrogen-bond acceptors (Lipinski definition) is 3. The zero-order valence-corrected chi connectivity index (χ0v) is 20.4. The molecule has 3 aromatic rings. The van der Waals surface area contributed by atoms with Crippen molar-refractivity contribution in [3.63, 3.8) is 0 Å². The van der Waals surface area contributed by atoms with Gasteiger partial charge in [0.15, 0.2) is 5.78 Å². The first kappa shape index (κ1) is 23.5. The Morgan fingerprint density at radius 3 is 2.44 bits per heavy atom. The molecule has 2 aromatic carbocycles. The van der Waals surface area contributed by atoms with Crippen LogP contribution in [0.3, 0.4) is 0 Å². The van der Waals surface area contributed by atoms with Crippen LogP contribution >= 0.6 is 11.6 Å². The van der Waals surface area contributed by atoms with Gasteiger partial charge in [0, 0.05) is 29.0 Å². The van der Waals surface area contributed by atoms with Gasteiger partial charge in [-0.15, -0.1) is 0 Å². The highest BCUT2D eigenvalue weighted by Crippen LogP contribution is 2.34. The molecule has 1 aliphatic heterocycles. The highest BCUT2D eigenvalue weighted by molar-refractivity contribution is 6.31. The van der Waals surface area contributed by atoms with Crippen molar-refractivity contribution < 1.29 is 9.18 Å². The van der Waals surface area contributed by atoms with Gasteiger partial charge in [-0.1, -0.05) is 30.9 Å². The molecule has 0 spiro atoms. The van der Waals surface area contributed by atoms with Gasteiger partial charge in [-0.3, -0.25) is 4.79 Å². The van der Waals surface area contributed by atoms with Crippen LogP contribution in [0.1, 0.15) is 73.5 Å². The Labute approximate surface area is 206 Å². The van der Waals surface area contributed by atoms with Crippen LogP contribution in [-0.4, -0.2) is 39.9 Å². The van der Waals surface area contributed by atoms with Crippen LogP contribution in [0, 0.1) is 11.7 Å². The number of carbonyl (C=O) groups excluding carboxylic acids is 1. The minimum Gasteiger partial charge on any atom is -0.328 e. The zero-order chi connectivity index (χ0) is 23.5. The molecule has 1 aliphatic carbocycles. The molecular formula is C28H33ClFN3O. The number of benzene rings is 2. The second kappa shape index (κ2) is 10.6. The fraction of sp³-hybridized carbons (Fsp3) is 0.500. The Bertz CT molecular complexity index is 1130. The lowest BCUT2D eigenvalue weighted by Gasteiger charge is -2.31. The Kier molecular flexibility index (Phi) is 7.31. The number of Topliss-reactive ketones (excluding diaryl/α,β-unsaturated/α-hetero) is 1. The highest BCUT2D eigenvalue weighted by atomic mass is 35.5. The third kappa shape index (κ3) is 5.21. The summed E-state index contributed by atoms with van der Waals surface area (Å²) in [5.41, 5.74) is 2.82. The summed E-state index contributed by atoms with van der Waals surface area (Å²) >= 11 is 6.34. The first-order chi connectivity index (χ1) is 16.6. The summed E-state index contributed by atoms with van der Waals surface area (Å²) in [5.74, 6) is 1.68. The van der Waals surface area contributed by atoms with Crippen molar-refractivity contribution in [1.29, 1.82) is 0 Å². The average molecular weight is 482 g/mol. The zero-order valence-electron chi connectivity index (χ0n) is 19.7. The van der Waals surface area contributed by atoms with E-state index in [0.717, 1.165) is 61.5 Å². The summed E-state index contributed by atoms with van der Waals surface area (Å²) in [6.07, 6.45) is 9.16. The summed E-state index contributed by atoms with van der Waals surface area (Å²) in [7, 11) is 0. The van der Waals surface area contributed by atoms with Gasteiger partial charge in [0.05, 0.1) is 11.0 Å².